The molecule has 1 aromatic rings. The summed E-state index contributed by atoms with van der Waals surface area (Å²) in [7, 11) is 0. The number of nitrogens with one attached hydrogen (secondary N) is 1. The summed E-state index contributed by atoms with van der Waals surface area (Å²) in [6.07, 6.45) is 1.78. The topological polar surface area (TPSA) is 52.6 Å². The molecule has 0 unspecified atom stereocenters. The van der Waals surface area contributed by atoms with Crippen LogP contribution in [-0.4, -0.2) is 41.1 Å². The van der Waals surface area contributed by atoms with Crippen LogP contribution in [0.1, 0.15) is 25.3 Å². The minimum Gasteiger partial charge on any atom is -0.387 e. The largest absolute Gasteiger partial charge is 0.387 e. The number of carbonyl (C=O) groups is 1. The van der Waals surface area contributed by atoms with Gasteiger partial charge in [-0.2, -0.15) is 0 Å². The predicted molar refractivity (Wildman–Crippen MR) is 76.1 cm³/mol. The van der Waals surface area contributed by atoms with Crippen molar-refractivity contribution in [2.45, 2.75) is 32.3 Å². The van der Waals surface area contributed by atoms with E-state index in [1.165, 1.54) is 5.56 Å². The van der Waals surface area contributed by atoms with Gasteiger partial charge in [-0.3, -0.25) is 9.69 Å². The summed E-state index contributed by atoms with van der Waals surface area (Å²) >= 11 is 0. The van der Waals surface area contributed by atoms with Crippen LogP contribution in [0, 0.1) is 6.92 Å². The molecule has 1 heterocycles. The molecule has 1 amide bonds. The Morgan fingerprint density at radius 1 is 1.37 bits per heavy atom. The lowest BCUT2D eigenvalue weighted by Gasteiger charge is -2.46. The van der Waals surface area contributed by atoms with E-state index in [-0.39, 0.29) is 5.91 Å². The fraction of sp³-hybridized carbons (Fsp3) is 0.533. The number of β-amino-alcohol motifs (C(OH)–C–C–N with tert-alkyl or cyclic N) is 1. The fourth-order valence-corrected chi connectivity index (χ4v) is 2.56. The number of hydrogen-bond acceptors (Lipinski definition) is 3. The number of hydrogen-bond donors (Lipinski definition) is 2. The summed E-state index contributed by atoms with van der Waals surface area (Å²) in [4.78, 5) is 13.8. The van der Waals surface area contributed by atoms with E-state index >= 15 is 0 Å². The maximum atomic E-state index is 11.8. The van der Waals surface area contributed by atoms with E-state index in [1.54, 1.807) is 0 Å². The highest BCUT2D eigenvalue weighted by Gasteiger charge is 2.40. The normalized spacial score (nSPS) is 17.8. The van der Waals surface area contributed by atoms with Crippen LogP contribution in [0.3, 0.4) is 0 Å². The molecule has 0 atom stereocenters. The van der Waals surface area contributed by atoms with Crippen LogP contribution in [0.25, 0.3) is 0 Å². The van der Waals surface area contributed by atoms with Gasteiger partial charge < -0.3 is 10.4 Å². The van der Waals surface area contributed by atoms with Crippen molar-refractivity contribution in [1.82, 2.24) is 4.90 Å². The highest BCUT2D eigenvalue weighted by atomic mass is 16.3. The summed E-state index contributed by atoms with van der Waals surface area (Å²) < 4.78 is 0. The summed E-state index contributed by atoms with van der Waals surface area (Å²) in [5.41, 5.74) is 1.42. The van der Waals surface area contributed by atoms with E-state index < -0.39 is 5.60 Å². The van der Waals surface area contributed by atoms with Crippen LogP contribution < -0.4 is 5.32 Å². The number of nitrogens with zero attached hydrogens (tertiary/aromatic N) is 1. The van der Waals surface area contributed by atoms with Crippen molar-refractivity contribution < 1.29 is 9.90 Å². The minimum absolute atomic E-state index is 0.0256. The quantitative estimate of drug-likeness (QED) is 0.850. The first-order valence-electron chi connectivity index (χ1n) is 6.82. The van der Waals surface area contributed by atoms with Crippen molar-refractivity contribution in [3.05, 3.63) is 29.8 Å². The van der Waals surface area contributed by atoms with Gasteiger partial charge in [0, 0.05) is 18.8 Å². The Kier molecular flexibility index (Phi) is 4.22. The molecule has 1 aliphatic rings. The molecule has 0 spiro atoms. The van der Waals surface area contributed by atoms with E-state index in [4.69, 9.17) is 0 Å². The van der Waals surface area contributed by atoms with Crippen molar-refractivity contribution in [2.24, 2.45) is 0 Å². The highest BCUT2D eigenvalue weighted by molar-refractivity contribution is 5.92. The average molecular weight is 262 g/mol. The van der Waals surface area contributed by atoms with Crippen molar-refractivity contribution in [1.29, 1.82) is 0 Å². The van der Waals surface area contributed by atoms with Gasteiger partial charge in [0.2, 0.25) is 5.91 Å². The Bertz CT molecular complexity index is 436. The molecule has 0 aliphatic carbocycles. The van der Waals surface area contributed by atoms with Crippen LogP contribution in [0.15, 0.2) is 24.3 Å². The Morgan fingerprint density at radius 3 is 2.58 bits per heavy atom. The van der Waals surface area contributed by atoms with Crippen LogP contribution in [0.2, 0.25) is 0 Å². The second-order valence-electron chi connectivity index (χ2n) is 5.53. The maximum Gasteiger partial charge on any atom is 0.238 e. The monoisotopic (exact) mass is 262 g/mol. The molecule has 104 valence electrons. The molecule has 19 heavy (non-hydrogen) atoms. The van der Waals surface area contributed by atoms with Crippen LogP contribution in [0.4, 0.5) is 5.69 Å². The van der Waals surface area contributed by atoms with E-state index in [9.17, 15) is 9.90 Å². The van der Waals surface area contributed by atoms with Gasteiger partial charge in [-0.05, 0) is 25.5 Å². The summed E-state index contributed by atoms with van der Waals surface area (Å²) in [5.74, 6) is -0.0256. The Morgan fingerprint density at radius 2 is 2.00 bits per heavy atom. The SMILES string of the molecule is CCCC1(O)CN(CC(=O)Nc2ccc(C)cc2)C1. The summed E-state index contributed by atoms with van der Waals surface area (Å²) in [6, 6.07) is 7.74. The van der Waals surface area contributed by atoms with Crippen molar-refractivity contribution in [3.8, 4) is 0 Å². The van der Waals surface area contributed by atoms with Crippen molar-refractivity contribution >= 4 is 11.6 Å². The molecule has 4 nitrogen and oxygen atoms in total. The molecule has 4 heteroatoms. The third-order valence-corrected chi connectivity index (χ3v) is 3.45. The molecular formula is C15H22N2O2. The molecule has 1 aliphatic heterocycles. The molecule has 0 radical (unpaired) electrons. The second kappa shape index (κ2) is 5.72. The van der Waals surface area contributed by atoms with Crippen LogP contribution >= 0.6 is 0 Å². The number of likely N-dealkylation sites (tertiary alicyclic amines) is 1. The third kappa shape index (κ3) is 3.78. The Labute approximate surface area is 114 Å². The van der Waals surface area contributed by atoms with Gasteiger partial charge in [0.15, 0.2) is 0 Å². The van der Waals surface area contributed by atoms with E-state index in [1.807, 2.05) is 36.1 Å². The van der Waals surface area contributed by atoms with Crippen molar-refractivity contribution in [2.75, 3.05) is 25.0 Å². The number of rotatable bonds is 5. The van der Waals surface area contributed by atoms with Gasteiger partial charge in [0.05, 0.1) is 12.1 Å². The first-order chi connectivity index (χ1) is 9.00. The first kappa shape index (κ1) is 14.0. The lowest BCUT2D eigenvalue weighted by molar-refractivity contribution is -0.129. The second-order valence-corrected chi connectivity index (χ2v) is 5.53. The van der Waals surface area contributed by atoms with E-state index in [2.05, 4.69) is 12.2 Å². The molecule has 0 aromatic heterocycles. The summed E-state index contributed by atoms with van der Waals surface area (Å²) in [6.45, 7) is 5.62. The first-order valence-corrected chi connectivity index (χ1v) is 6.82. The lowest BCUT2D eigenvalue weighted by Crippen LogP contribution is -2.62. The fourth-order valence-electron chi connectivity index (χ4n) is 2.56. The van der Waals surface area contributed by atoms with Gasteiger partial charge in [-0.1, -0.05) is 31.0 Å². The number of anilines is 1. The minimum atomic E-state index is -0.571. The van der Waals surface area contributed by atoms with Crippen molar-refractivity contribution in [3.63, 3.8) is 0 Å². The smallest absolute Gasteiger partial charge is 0.238 e. The lowest BCUT2D eigenvalue weighted by atomic mass is 9.89. The standard InChI is InChI=1S/C15H22N2O2/c1-3-8-15(19)10-17(11-15)9-14(18)16-13-6-4-12(2)5-7-13/h4-7,19H,3,8-11H2,1-2H3,(H,16,18). The van der Waals surface area contributed by atoms with E-state index in [0.29, 0.717) is 19.6 Å². The molecule has 1 fully saturated rings. The zero-order chi connectivity index (χ0) is 13.9. The van der Waals surface area contributed by atoms with Crippen LogP contribution in [0.5, 0.6) is 0 Å². The number of carbonyl (C=O) groups excluding carboxylic acids is 1. The molecular weight excluding hydrogens is 240 g/mol. The molecule has 0 saturated carbocycles. The van der Waals surface area contributed by atoms with Gasteiger partial charge in [0.1, 0.15) is 0 Å². The zero-order valence-electron chi connectivity index (χ0n) is 11.6. The maximum absolute atomic E-state index is 11.8. The van der Waals surface area contributed by atoms with E-state index in [0.717, 1.165) is 18.5 Å². The number of aryl methyl sites for hydroxylation is 1. The molecule has 1 saturated heterocycles. The van der Waals surface area contributed by atoms with Gasteiger partial charge in [-0.25, -0.2) is 0 Å². The zero-order valence-corrected chi connectivity index (χ0v) is 11.6. The Balaban J connectivity index is 1.76. The Hall–Kier alpha value is -1.39. The molecule has 1 aromatic carbocycles. The predicted octanol–water partition coefficient (Wildman–Crippen LogP) is 1.78. The summed E-state index contributed by atoms with van der Waals surface area (Å²) in [5, 5.41) is 12.9. The average Bonchev–Trinajstić information content (AvgIpc) is 2.30. The molecule has 2 N–H and O–H groups in total. The number of amides is 1. The van der Waals surface area contributed by atoms with Gasteiger partial charge in [-0.15, -0.1) is 0 Å². The third-order valence-electron chi connectivity index (χ3n) is 3.45. The highest BCUT2D eigenvalue weighted by Crippen LogP contribution is 2.25. The number of benzene rings is 1. The van der Waals surface area contributed by atoms with Crippen LogP contribution in [-0.2, 0) is 4.79 Å². The molecule has 0 bridgehead atoms. The molecule has 2 rings (SSSR count). The van der Waals surface area contributed by atoms with Gasteiger partial charge in [0.25, 0.3) is 0 Å². The van der Waals surface area contributed by atoms with Gasteiger partial charge >= 0.3 is 0 Å². The number of aliphatic hydroxyl groups is 1.